The fourth-order valence-electron chi connectivity index (χ4n) is 3.70. The van der Waals surface area contributed by atoms with E-state index in [2.05, 4.69) is 78.9 Å². The molecule has 5 aromatic rings. The van der Waals surface area contributed by atoms with Gasteiger partial charge in [-0.15, -0.1) is 0 Å². The molecule has 0 amide bonds. The number of hydrogen-bond donors (Lipinski definition) is 0. The van der Waals surface area contributed by atoms with E-state index in [1.54, 1.807) is 0 Å². The Labute approximate surface area is 134 Å². The molecule has 0 saturated heterocycles. The quantitative estimate of drug-likeness (QED) is 0.349. The summed E-state index contributed by atoms with van der Waals surface area (Å²) >= 11 is 0. The van der Waals surface area contributed by atoms with E-state index < -0.39 is 0 Å². The van der Waals surface area contributed by atoms with Crippen molar-refractivity contribution in [3.8, 4) is 0 Å². The number of aromatic nitrogens is 2. The number of aryl methyl sites for hydroxylation is 2. The minimum Gasteiger partial charge on any atom is -0.292 e. The molecule has 0 radical (unpaired) electrons. The molecule has 0 N–H and O–H groups in total. The number of imidazole rings is 1. The summed E-state index contributed by atoms with van der Waals surface area (Å²) in [7, 11) is 0. The highest BCUT2D eigenvalue weighted by Gasteiger charge is 2.14. The average Bonchev–Trinajstić information content (AvgIpc) is 2.94. The number of rotatable bonds is 0. The molecule has 2 nitrogen and oxygen atoms in total. The first kappa shape index (κ1) is 12.7. The van der Waals surface area contributed by atoms with E-state index in [0.29, 0.717) is 0 Å². The van der Waals surface area contributed by atoms with Gasteiger partial charge in [0.15, 0.2) is 0 Å². The number of fused-ring (bicyclic) bond motifs is 8. The van der Waals surface area contributed by atoms with Gasteiger partial charge in [-0.05, 0) is 48.6 Å². The molecule has 0 spiro atoms. The number of para-hydroxylation sites is 1. The molecule has 5 rings (SSSR count). The van der Waals surface area contributed by atoms with Crippen LogP contribution in [0, 0.1) is 13.8 Å². The predicted octanol–water partition coefficient (Wildman–Crippen LogP) is 5.41. The van der Waals surface area contributed by atoms with Gasteiger partial charge in [-0.3, -0.25) is 4.40 Å². The first-order valence-electron chi connectivity index (χ1n) is 7.93. The molecule has 0 aliphatic carbocycles. The molecule has 3 aromatic carbocycles. The summed E-state index contributed by atoms with van der Waals surface area (Å²) in [6.45, 7) is 4.31. The lowest BCUT2D eigenvalue weighted by molar-refractivity contribution is 1.31. The third-order valence-electron chi connectivity index (χ3n) is 4.74. The standard InChI is InChI=1S/C21H16N2/c1-13-10-11-17-19(12-13)23-18-9-4-3-7-15(18)20-14(2)6-5-8-16(20)21(23)22-17/h3-12H,1-2H3. The Bertz CT molecular complexity index is 1230. The Kier molecular flexibility index (Phi) is 2.38. The van der Waals surface area contributed by atoms with Crippen molar-refractivity contribution in [2.24, 2.45) is 0 Å². The maximum absolute atomic E-state index is 4.94. The summed E-state index contributed by atoms with van der Waals surface area (Å²) in [4.78, 5) is 4.94. The maximum atomic E-state index is 4.94. The van der Waals surface area contributed by atoms with Gasteiger partial charge in [0.05, 0.1) is 16.6 Å². The molecule has 0 aliphatic rings. The molecule has 0 unspecified atom stereocenters. The zero-order chi connectivity index (χ0) is 15.6. The summed E-state index contributed by atoms with van der Waals surface area (Å²) in [5.41, 5.74) is 7.05. The Hall–Kier alpha value is -2.87. The minimum atomic E-state index is 1.04. The largest absolute Gasteiger partial charge is 0.292 e. The topological polar surface area (TPSA) is 17.3 Å². The van der Waals surface area contributed by atoms with Crippen LogP contribution in [0.1, 0.15) is 11.1 Å². The lowest BCUT2D eigenvalue weighted by Crippen LogP contribution is -1.92. The average molecular weight is 296 g/mol. The van der Waals surface area contributed by atoms with Crippen LogP contribution in [-0.2, 0) is 0 Å². The molecule has 0 atom stereocenters. The van der Waals surface area contributed by atoms with Crippen LogP contribution in [-0.4, -0.2) is 9.38 Å². The molecule has 2 heteroatoms. The summed E-state index contributed by atoms with van der Waals surface area (Å²) in [6, 6.07) is 21.6. The SMILES string of the molecule is Cc1ccc2nc3c4cccc(C)c4c4ccccc4n3c2c1. The second-order valence-corrected chi connectivity index (χ2v) is 6.28. The first-order chi connectivity index (χ1) is 11.2. The second kappa shape index (κ2) is 4.32. The van der Waals surface area contributed by atoms with Crippen LogP contribution < -0.4 is 0 Å². The van der Waals surface area contributed by atoms with Crippen molar-refractivity contribution in [1.29, 1.82) is 0 Å². The number of benzene rings is 3. The molecular formula is C21H16N2. The monoisotopic (exact) mass is 296 g/mol. The van der Waals surface area contributed by atoms with Gasteiger partial charge in [-0.25, -0.2) is 4.98 Å². The van der Waals surface area contributed by atoms with E-state index in [9.17, 15) is 0 Å². The zero-order valence-corrected chi connectivity index (χ0v) is 13.2. The normalized spacial score (nSPS) is 11.9. The van der Waals surface area contributed by atoms with E-state index >= 15 is 0 Å². The van der Waals surface area contributed by atoms with E-state index in [1.807, 2.05) is 0 Å². The maximum Gasteiger partial charge on any atom is 0.146 e. The van der Waals surface area contributed by atoms with Gasteiger partial charge >= 0.3 is 0 Å². The number of hydrogen-bond acceptors (Lipinski definition) is 1. The van der Waals surface area contributed by atoms with Gasteiger partial charge in [0.25, 0.3) is 0 Å². The molecule has 0 bridgehead atoms. The van der Waals surface area contributed by atoms with Gasteiger partial charge in [-0.1, -0.05) is 42.5 Å². The Morgan fingerprint density at radius 2 is 1.61 bits per heavy atom. The third kappa shape index (κ3) is 1.61. The van der Waals surface area contributed by atoms with Gasteiger partial charge in [-0.2, -0.15) is 0 Å². The lowest BCUT2D eigenvalue weighted by atomic mass is 10.0. The molecular weight excluding hydrogens is 280 g/mol. The van der Waals surface area contributed by atoms with Crippen LogP contribution in [0.4, 0.5) is 0 Å². The lowest BCUT2D eigenvalue weighted by Gasteiger charge is -2.10. The Morgan fingerprint density at radius 3 is 2.52 bits per heavy atom. The van der Waals surface area contributed by atoms with Gasteiger partial charge in [0.2, 0.25) is 0 Å². The van der Waals surface area contributed by atoms with Crippen molar-refractivity contribution in [2.75, 3.05) is 0 Å². The molecule has 110 valence electrons. The predicted molar refractivity (Wildman–Crippen MR) is 97.2 cm³/mol. The fraction of sp³-hybridized carbons (Fsp3) is 0.0952. The minimum absolute atomic E-state index is 1.04. The van der Waals surface area contributed by atoms with Gasteiger partial charge in [0, 0.05) is 10.8 Å². The van der Waals surface area contributed by atoms with Crippen molar-refractivity contribution >= 4 is 38.4 Å². The van der Waals surface area contributed by atoms with Crippen LogP contribution in [0.3, 0.4) is 0 Å². The summed E-state index contributed by atoms with van der Waals surface area (Å²) in [5, 5.41) is 3.81. The molecule has 0 saturated carbocycles. The second-order valence-electron chi connectivity index (χ2n) is 6.28. The molecule has 0 aliphatic heterocycles. The van der Waals surface area contributed by atoms with E-state index in [-0.39, 0.29) is 0 Å². The summed E-state index contributed by atoms with van der Waals surface area (Å²) in [6.07, 6.45) is 0. The zero-order valence-electron chi connectivity index (χ0n) is 13.2. The van der Waals surface area contributed by atoms with E-state index in [1.165, 1.54) is 38.3 Å². The first-order valence-corrected chi connectivity index (χ1v) is 7.93. The number of nitrogens with zero attached hydrogens (tertiary/aromatic N) is 2. The summed E-state index contributed by atoms with van der Waals surface area (Å²) < 4.78 is 2.30. The number of pyridine rings is 1. The van der Waals surface area contributed by atoms with Crippen LogP contribution >= 0.6 is 0 Å². The van der Waals surface area contributed by atoms with Crippen LogP contribution in [0.5, 0.6) is 0 Å². The molecule has 2 aromatic heterocycles. The molecule has 0 fully saturated rings. The van der Waals surface area contributed by atoms with E-state index in [4.69, 9.17) is 4.98 Å². The van der Waals surface area contributed by atoms with Gasteiger partial charge in [0.1, 0.15) is 5.65 Å². The highest BCUT2D eigenvalue weighted by atomic mass is 15.0. The van der Waals surface area contributed by atoms with Crippen molar-refractivity contribution in [3.05, 3.63) is 71.8 Å². The van der Waals surface area contributed by atoms with Crippen molar-refractivity contribution in [2.45, 2.75) is 13.8 Å². The molecule has 23 heavy (non-hydrogen) atoms. The van der Waals surface area contributed by atoms with Crippen molar-refractivity contribution < 1.29 is 0 Å². The smallest absolute Gasteiger partial charge is 0.146 e. The van der Waals surface area contributed by atoms with E-state index in [0.717, 1.165) is 11.2 Å². The summed E-state index contributed by atoms with van der Waals surface area (Å²) in [5.74, 6) is 0. The van der Waals surface area contributed by atoms with Crippen molar-refractivity contribution in [3.63, 3.8) is 0 Å². The Balaban J connectivity index is 2.23. The van der Waals surface area contributed by atoms with Crippen LogP contribution in [0.15, 0.2) is 60.7 Å². The fourth-order valence-corrected chi connectivity index (χ4v) is 3.70. The highest BCUT2D eigenvalue weighted by molar-refractivity contribution is 6.15. The third-order valence-corrected chi connectivity index (χ3v) is 4.74. The van der Waals surface area contributed by atoms with Crippen LogP contribution in [0.2, 0.25) is 0 Å². The van der Waals surface area contributed by atoms with Crippen molar-refractivity contribution in [1.82, 2.24) is 9.38 Å². The highest BCUT2D eigenvalue weighted by Crippen LogP contribution is 2.33. The van der Waals surface area contributed by atoms with Gasteiger partial charge < -0.3 is 0 Å². The molecule has 2 heterocycles. The van der Waals surface area contributed by atoms with Crippen LogP contribution in [0.25, 0.3) is 38.4 Å². The Morgan fingerprint density at radius 1 is 0.783 bits per heavy atom.